The number of para-hydroxylation sites is 1. The molecule has 186 valence electrons. The van der Waals surface area contributed by atoms with E-state index in [1.807, 2.05) is 44.4 Å². The van der Waals surface area contributed by atoms with E-state index < -0.39 is 5.97 Å². The van der Waals surface area contributed by atoms with Crippen molar-refractivity contribution in [3.8, 4) is 28.0 Å². The van der Waals surface area contributed by atoms with Crippen molar-refractivity contribution in [1.82, 2.24) is 9.78 Å². The normalized spacial score (nSPS) is 11.9. The first-order chi connectivity index (χ1) is 17.4. The number of aryl methyl sites for hydroxylation is 1. The average Bonchev–Trinajstić information content (AvgIpc) is 3.29. The third kappa shape index (κ3) is 5.80. The van der Waals surface area contributed by atoms with Gasteiger partial charge in [-0.1, -0.05) is 49.7 Å². The van der Waals surface area contributed by atoms with Crippen LogP contribution >= 0.6 is 0 Å². The number of aliphatic carboxylic acids is 1. The van der Waals surface area contributed by atoms with Crippen molar-refractivity contribution in [2.75, 3.05) is 0 Å². The van der Waals surface area contributed by atoms with Crippen LogP contribution in [0.5, 0.6) is 5.75 Å². The summed E-state index contributed by atoms with van der Waals surface area (Å²) in [6.07, 6.45) is 5.09. The van der Waals surface area contributed by atoms with Crippen molar-refractivity contribution in [1.29, 1.82) is 0 Å². The average molecular weight is 488 g/mol. The van der Waals surface area contributed by atoms with Gasteiger partial charge in [0.2, 0.25) is 0 Å². The molecule has 0 spiro atoms. The van der Waals surface area contributed by atoms with Gasteiger partial charge in [-0.05, 0) is 47.4 Å². The predicted molar refractivity (Wildman–Crippen MR) is 138 cm³/mol. The lowest BCUT2D eigenvalue weighted by atomic mass is 9.93. The molecule has 1 heterocycles. The molecular formula is C29H30FN3O3. The van der Waals surface area contributed by atoms with E-state index in [1.54, 1.807) is 47.3 Å². The fourth-order valence-corrected chi connectivity index (χ4v) is 4.31. The quantitative estimate of drug-likeness (QED) is 0.291. The van der Waals surface area contributed by atoms with Gasteiger partial charge in [0.05, 0.1) is 12.6 Å². The van der Waals surface area contributed by atoms with Crippen LogP contribution in [0, 0.1) is 5.82 Å². The van der Waals surface area contributed by atoms with Crippen molar-refractivity contribution in [2.24, 2.45) is 12.8 Å². The number of hydrogen-bond donors (Lipinski definition) is 2. The molecule has 0 aliphatic carbocycles. The van der Waals surface area contributed by atoms with E-state index in [4.69, 9.17) is 10.5 Å². The number of ether oxygens (including phenoxy) is 1. The Morgan fingerprint density at radius 1 is 1.11 bits per heavy atom. The van der Waals surface area contributed by atoms with Gasteiger partial charge in [-0.3, -0.25) is 9.48 Å². The summed E-state index contributed by atoms with van der Waals surface area (Å²) in [5.74, 6) is -0.740. The highest BCUT2D eigenvalue weighted by Gasteiger charge is 2.17. The number of aromatic nitrogens is 2. The van der Waals surface area contributed by atoms with Gasteiger partial charge in [-0.2, -0.15) is 5.10 Å². The molecular weight excluding hydrogens is 457 g/mol. The molecule has 3 N–H and O–H groups in total. The van der Waals surface area contributed by atoms with Gasteiger partial charge >= 0.3 is 5.97 Å². The van der Waals surface area contributed by atoms with Crippen LogP contribution in [0.2, 0.25) is 0 Å². The van der Waals surface area contributed by atoms with Crippen LogP contribution in [0.4, 0.5) is 4.39 Å². The number of benzene rings is 3. The molecule has 0 saturated carbocycles. The molecule has 0 bridgehead atoms. The summed E-state index contributed by atoms with van der Waals surface area (Å²) in [5, 5.41) is 13.5. The Kier molecular flexibility index (Phi) is 7.80. The number of rotatable bonds is 10. The molecule has 4 aromatic rings. The Morgan fingerprint density at radius 3 is 2.61 bits per heavy atom. The van der Waals surface area contributed by atoms with Gasteiger partial charge in [0.1, 0.15) is 18.2 Å². The van der Waals surface area contributed by atoms with E-state index in [-0.39, 0.29) is 24.9 Å². The van der Waals surface area contributed by atoms with Crippen molar-refractivity contribution in [3.63, 3.8) is 0 Å². The maximum absolute atomic E-state index is 15.6. The summed E-state index contributed by atoms with van der Waals surface area (Å²) in [7, 11) is 1.84. The monoisotopic (exact) mass is 487 g/mol. The Bertz CT molecular complexity index is 1370. The second kappa shape index (κ2) is 11.2. The summed E-state index contributed by atoms with van der Waals surface area (Å²) in [6, 6.07) is 17.8. The number of carboxylic acids is 1. The molecule has 1 aromatic heterocycles. The topological polar surface area (TPSA) is 90.4 Å². The summed E-state index contributed by atoms with van der Waals surface area (Å²) in [5.41, 5.74) is 11.1. The van der Waals surface area contributed by atoms with Crippen LogP contribution in [-0.2, 0) is 24.9 Å². The van der Waals surface area contributed by atoms with E-state index in [0.717, 1.165) is 23.1 Å². The Labute approximate surface area is 210 Å². The van der Waals surface area contributed by atoms with Crippen LogP contribution in [0.1, 0.15) is 42.5 Å². The van der Waals surface area contributed by atoms with Crippen LogP contribution in [0.25, 0.3) is 22.3 Å². The zero-order valence-corrected chi connectivity index (χ0v) is 20.4. The van der Waals surface area contributed by atoms with Gasteiger partial charge in [0, 0.05) is 41.5 Å². The summed E-state index contributed by atoms with van der Waals surface area (Å²) >= 11 is 0. The zero-order chi connectivity index (χ0) is 25.7. The first-order valence-electron chi connectivity index (χ1n) is 12.0. The van der Waals surface area contributed by atoms with E-state index >= 15 is 4.39 Å². The van der Waals surface area contributed by atoms with Gasteiger partial charge in [0.15, 0.2) is 0 Å². The van der Waals surface area contributed by atoms with Crippen molar-refractivity contribution < 1.29 is 19.0 Å². The largest absolute Gasteiger partial charge is 0.489 e. The molecule has 0 radical (unpaired) electrons. The Balaban J connectivity index is 1.73. The number of hydrogen-bond acceptors (Lipinski definition) is 4. The van der Waals surface area contributed by atoms with Crippen LogP contribution in [0.15, 0.2) is 73.1 Å². The van der Waals surface area contributed by atoms with Gasteiger partial charge in [0.25, 0.3) is 0 Å². The van der Waals surface area contributed by atoms with E-state index in [1.165, 1.54) is 0 Å². The van der Waals surface area contributed by atoms with Crippen molar-refractivity contribution >= 4 is 5.97 Å². The molecule has 4 rings (SSSR count). The second-order valence-corrected chi connectivity index (χ2v) is 8.89. The maximum Gasteiger partial charge on any atom is 0.307 e. The van der Waals surface area contributed by atoms with Crippen molar-refractivity contribution in [3.05, 3.63) is 95.6 Å². The van der Waals surface area contributed by atoms with Crippen LogP contribution in [0.3, 0.4) is 0 Å². The van der Waals surface area contributed by atoms with Gasteiger partial charge < -0.3 is 15.6 Å². The van der Waals surface area contributed by atoms with Crippen LogP contribution < -0.4 is 10.5 Å². The lowest BCUT2D eigenvalue weighted by Crippen LogP contribution is -2.12. The third-order valence-electron chi connectivity index (χ3n) is 6.08. The second-order valence-electron chi connectivity index (χ2n) is 8.89. The number of halogens is 1. The lowest BCUT2D eigenvalue weighted by Gasteiger charge is -2.16. The molecule has 0 saturated heterocycles. The fraction of sp³-hybridized carbons (Fsp3) is 0.241. The number of carboxylic acid groups (broad SMARTS) is 1. The number of nitrogens with zero attached hydrogens (tertiary/aromatic N) is 2. The fourth-order valence-electron chi connectivity index (χ4n) is 4.31. The SMILES string of the molecule is CCCC(N)c1cccc(-c2cc(COc3ccccc3CC(=O)O)cc(-c3cnn(C)c3)c2)c1F. The molecule has 7 heteroatoms. The molecule has 1 unspecified atom stereocenters. The zero-order valence-electron chi connectivity index (χ0n) is 20.4. The van der Waals surface area contributed by atoms with Crippen LogP contribution in [-0.4, -0.2) is 20.9 Å². The molecule has 6 nitrogen and oxygen atoms in total. The third-order valence-corrected chi connectivity index (χ3v) is 6.08. The molecule has 0 aliphatic heterocycles. The number of carbonyl (C=O) groups is 1. The number of nitrogens with two attached hydrogens (primary N) is 1. The molecule has 0 aliphatic rings. The van der Waals surface area contributed by atoms with Gasteiger partial charge in [-0.15, -0.1) is 0 Å². The van der Waals surface area contributed by atoms with E-state index in [2.05, 4.69) is 5.10 Å². The Morgan fingerprint density at radius 2 is 1.89 bits per heavy atom. The summed E-state index contributed by atoms with van der Waals surface area (Å²) in [6.45, 7) is 2.22. The molecule has 3 aromatic carbocycles. The molecule has 36 heavy (non-hydrogen) atoms. The summed E-state index contributed by atoms with van der Waals surface area (Å²) in [4.78, 5) is 11.2. The maximum atomic E-state index is 15.6. The molecule has 1 atom stereocenters. The smallest absolute Gasteiger partial charge is 0.307 e. The first kappa shape index (κ1) is 25.1. The first-order valence-corrected chi connectivity index (χ1v) is 12.0. The van der Waals surface area contributed by atoms with Crippen molar-refractivity contribution in [2.45, 2.75) is 38.8 Å². The van der Waals surface area contributed by atoms with E-state index in [0.29, 0.717) is 34.4 Å². The Hall–Kier alpha value is -3.97. The minimum Gasteiger partial charge on any atom is -0.489 e. The molecule has 0 fully saturated rings. The highest BCUT2D eigenvalue weighted by Crippen LogP contribution is 2.33. The highest BCUT2D eigenvalue weighted by atomic mass is 19.1. The van der Waals surface area contributed by atoms with Gasteiger partial charge in [-0.25, -0.2) is 4.39 Å². The minimum atomic E-state index is -0.927. The minimum absolute atomic E-state index is 0.132. The highest BCUT2D eigenvalue weighted by molar-refractivity contribution is 5.74. The molecule has 0 amide bonds. The predicted octanol–water partition coefficient (Wildman–Crippen LogP) is 5.90. The standard InChI is InChI=1S/C29H30FN3O3/c1-3-7-26(31)25-10-6-9-24(29(25)30)22-13-19(12-21(14-22)23-16-32-33(2)17-23)18-36-27-11-5-4-8-20(27)15-28(34)35/h4-6,8-14,16-17,26H,3,7,15,18,31H2,1-2H3,(H,34,35). The summed E-state index contributed by atoms with van der Waals surface area (Å²) < 4.78 is 23.4. The lowest BCUT2D eigenvalue weighted by molar-refractivity contribution is -0.136. The van der Waals surface area contributed by atoms with E-state index in [9.17, 15) is 9.90 Å².